The van der Waals surface area contributed by atoms with Gasteiger partial charge in [0, 0.05) is 19.0 Å². The van der Waals surface area contributed by atoms with Gasteiger partial charge in [-0.25, -0.2) is 4.98 Å². The molecule has 0 fully saturated rings. The summed E-state index contributed by atoms with van der Waals surface area (Å²) in [5, 5.41) is 3.32. The van der Waals surface area contributed by atoms with Crippen LogP contribution in [0.25, 0.3) is 11.0 Å². The fourth-order valence-electron chi connectivity index (χ4n) is 2.41. The van der Waals surface area contributed by atoms with Crippen LogP contribution in [0, 0.1) is 0 Å². The van der Waals surface area contributed by atoms with Gasteiger partial charge in [0.25, 0.3) is 0 Å². The fourth-order valence-corrected chi connectivity index (χ4v) is 2.41. The summed E-state index contributed by atoms with van der Waals surface area (Å²) in [7, 11) is 1.98. The van der Waals surface area contributed by atoms with Crippen LogP contribution in [0.2, 0.25) is 0 Å². The number of likely N-dealkylation sites (N-methyl/N-ethyl adjacent to an activating group) is 1. The Labute approximate surface area is 121 Å². The third-order valence-electron chi connectivity index (χ3n) is 3.52. The predicted octanol–water partition coefficient (Wildman–Crippen LogP) is 2.61. The van der Waals surface area contributed by atoms with Gasteiger partial charge >= 0.3 is 0 Å². The average Bonchev–Trinajstić information content (AvgIpc) is 2.80. The minimum Gasteiger partial charge on any atom is -0.377 e. The van der Waals surface area contributed by atoms with Gasteiger partial charge in [-0.2, -0.15) is 0 Å². The highest BCUT2D eigenvalue weighted by molar-refractivity contribution is 5.75. The van der Waals surface area contributed by atoms with Crippen molar-refractivity contribution in [1.82, 2.24) is 14.9 Å². The molecule has 0 radical (unpaired) electrons. The number of benzene rings is 1. The predicted molar refractivity (Wildman–Crippen MR) is 83.0 cm³/mol. The first kappa shape index (κ1) is 15.0. The van der Waals surface area contributed by atoms with Crippen molar-refractivity contribution < 1.29 is 4.74 Å². The van der Waals surface area contributed by atoms with Gasteiger partial charge in [-0.15, -0.1) is 0 Å². The maximum absolute atomic E-state index is 5.72. The lowest BCUT2D eigenvalue weighted by Gasteiger charge is -2.18. The minimum atomic E-state index is 0.260. The highest BCUT2D eigenvalue weighted by Gasteiger charge is 2.15. The fraction of sp³-hybridized carbons (Fsp3) is 0.562. The smallest absolute Gasteiger partial charge is 0.111 e. The van der Waals surface area contributed by atoms with Gasteiger partial charge in [0.15, 0.2) is 0 Å². The zero-order chi connectivity index (χ0) is 14.5. The van der Waals surface area contributed by atoms with Crippen LogP contribution in [0.3, 0.4) is 0 Å². The third-order valence-corrected chi connectivity index (χ3v) is 3.52. The normalized spacial score (nSPS) is 13.2. The molecule has 0 aliphatic heterocycles. The molecule has 1 heterocycles. The summed E-state index contributed by atoms with van der Waals surface area (Å²) >= 11 is 0. The molecule has 0 aliphatic carbocycles. The lowest BCUT2D eigenvalue weighted by atomic mass is 10.2. The van der Waals surface area contributed by atoms with Crippen LogP contribution in [-0.4, -0.2) is 35.4 Å². The average molecular weight is 275 g/mol. The number of nitrogens with zero attached hydrogens (tertiary/aromatic N) is 2. The Morgan fingerprint density at radius 3 is 2.70 bits per heavy atom. The lowest BCUT2D eigenvalue weighted by Crippen LogP contribution is -2.34. The van der Waals surface area contributed by atoms with Gasteiger partial charge in [0.05, 0.1) is 23.7 Å². The Balaban J connectivity index is 2.19. The number of nitrogens with one attached hydrogen (secondary N) is 1. The standard InChI is InChI=1S/C16H25N3O/c1-5-19-15-9-7-6-8-14(15)18-16(19)10-13(17-4)11-20-12(2)3/h6-9,12-13,17H,5,10-11H2,1-4H3. The van der Waals surface area contributed by atoms with Crippen LogP contribution < -0.4 is 5.32 Å². The van der Waals surface area contributed by atoms with Crippen molar-refractivity contribution in [2.75, 3.05) is 13.7 Å². The van der Waals surface area contributed by atoms with E-state index >= 15 is 0 Å². The molecule has 4 nitrogen and oxygen atoms in total. The second-order valence-corrected chi connectivity index (χ2v) is 5.33. The minimum absolute atomic E-state index is 0.260. The van der Waals surface area contributed by atoms with E-state index in [2.05, 4.69) is 48.9 Å². The van der Waals surface area contributed by atoms with Crippen LogP contribution in [0.5, 0.6) is 0 Å². The molecule has 2 aromatic rings. The van der Waals surface area contributed by atoms with Crippen LogP contribution in [0.15, 0.2) is 24.3 Å². The van der Waals surface area contributed by atoms with Crippen molar-refractivity contribution in [2.24, 2.45) is 0 Å². The molecule has 1 unspecified atom stereocenters. The van der Waals surface area contributed by atoms with Crippen molar-refractivity contribution >= 4 is 11.0 Å². The van der Waals surface area contributed by atoms with Crippen LogP contribution in [-0.2, 0) is 17.7 Å². The van der Waals surface area contributed by atoms with E-state index in [1.807, 2.05) is 13.1 Å². The number of aromatic nitrogens is 2. The quantitative estimate of drug-likeness (QED) is 0.844. The second-order valence-electron chi connectivity index (χ2n) is 5.33. The number of ether oxygens (including phenoxy) is 1. The van der Waals surface area contributed by atoms with Gasteiger partial charge in [0.2, 0.25) is 0 Å². The number of aryl methyl sites for hydroxylation is 1. The van der Waals surface area contributed by atoms with Crippen molar-refractivity contribution in [3.63, 3.8) is 0 Å². The highest BCUT2D eigenvalue weighted by atomic mass is 16.5. The number of rotatable bonds is 7. The molecule has 110 valence electrons. The summed E-state index contributed by atoms with van der Waals surface area (Å²) in [4.78, 5) is 4.77. The van der Waals surface area contributed by atoms with Gasteiger partial charge in [-0.1, -0.05) is 12.1 Å². The molecular formula is C16H25N3O. The molecule has 0 saturated carbocycles. The Morgan fingerprint density at radius 1 is 1.30 bits per heavy atom. The summed E-state index contributed by atoms with van der Waals surface area (Å²) in [6, 6.07) is 8.60. The van der Waals surface area contributed by atoms with E-state index in [4.69, 9.17) is 9.72 Å². The van der Waals surface area contributed by atoms with E-state index in [1.54, 1.807) is 0 Å². The summed E-state index contributed by atoms with van der Waals surface area (Å²) in [5.74, 6) is 1.13. The topological polar surface area (TPSA) is 39.1 Å². The number of imidazole rings is 1. The molecule has 0 saturated heterocycles. The SMILES string of the molecule is CCn1c(CC(COC(C)C)NC)nc2ccccc21. The maximum atomic E-state index is 5.72. The Kier molecular flexibility index (Phi) is 5.15. The molecule has 4 heteroatoms. The van der Waals surface area contributed by atoms with E-state index in [-0.39, 0.29) is 6.10 Å². The van der Waals surface area contributed by atoms with Crippen molar-refractivity contribution in [2.45, 2.75) is 45.9 Å². The number of para-hydroxylation sites is 2. The van der Waals surface area contributed by atoms with E-state index in [9.17, 15) is 0 Å². The van der Waals surface area contributed by atoms with Gasteiger partial charge < -0.3 is 14.6 Å². The molecule has 1 atom stereocenters. The molecule has 1 N–H and O–H groups in total. The monoisotopic (exact) mass is 275 g/mol. The molecule has 0 spiro atoms. The lowest BCUT2D eigenvalue weighted by molar-refractivity contribution is 0.0623. The second kappa shape index (κ2) is 6.86. The first-order chi connectivity index (χ1) is 9.65. The van der Waals surface area contributed by atoms with Crippen molar-refractivity contribution in [3.05, 3.63) is 30.1 Å². The molecule has 1 aromatic heterocycles. The summed E-state index contributed by atoms with van der Waals surface area (Å²) in [6.45, 7) is 7.94. The first-order valence-corrected chi connectivity index (χ1v) is 7.38. The van der Waals surface area contributed by atoms with Crippen LogP contribution in [0.1, 0.15) is 26.6 Å². The number of hydrogen-bond acceptors (Lipinski definition) is 3. The zero-order valence-electron chi connectivity index (χ0n) is 12.9. The molecule has 1 aromatic carbocycles. The van der Waals surface area contributed by atoms with Crippen LogP contribution >= 0.6 is 0 Å². The molecule has 2 rings (SSSR count). The Hall–Kier alpha value is -1.39. The number of hydrogen-bond donors (Lipinski definition) is 1. The third kappa shape index (κ3) is 3.38. The van der Waals surface area contributed by atoms with Crippen molar-refractivity contribution in [3.8, 4) is 0 Å². The molecule has 0 aliphatic rings. The first-order valence-electron chi connectivity index (χ1n) is 7.38. The van der Waals surface area contributed by atoms with Crippen LogP contribution in [0.4, 0.5) is 0 Å². The summed E-state index contributed by atoms with van der Waals surface area (Å²) < 4.78 is 8.00. The summed E-state index contributed by atoms with van der Waals surface area (Å²) in [5.41, 5.74) is 2.29. The van der Waals surface area contributed by atoms with Gasteiger partial charge in [0.1, 0.15) is 5.82 Å². The van der Waals surface area contributed by atoms with E-state index in [1.165, 1.54) is 5.52 Å². The maximum Gasteiger partial charge on any atom is 0.111 e. The summed E-state index contributed by atoms with van der Waals surface area (Å²) in [6.07, 6.45) is 1.14. The molecule has 0 amide bonds. The number of fused-ring (bicyclic) bond motifs is 1. The molecule has 20 heavy (non-hydrogen) atoms. The molecule has 0 bridgehead atoms. The Bertz CT molecular complexity index is 548. The van der Waals surface area contributed by atoms with Gasteiger partial charge in [-0.3, -0.25) is 0 Å². The highest BCUT2D eigenvalue weighted by Crippen LogP contribution is 2.17. The van der Waals surface area contributed by atoms with E-state index in [0.717, 1.165) is 24.3 Å². The molecular weight excluding hydrogens is 250 g/mol. The van der Waals surface area contributed by atoms with Gasteiger partial charge in [-0.05, 0) is 40.0 Å². The largest absolute Gasteiger partial charge is 0.377 e. The van der Waals surface area contributed by atoms with E-state index in [0.29, 0.717) is 12.6 Å². The van der Waals surface area contributed by atoms with Crippen molar-refractivity contribution in [1.29, 1.82) is 0 Å². The van der Waals surface area contributed by atoms with E-state index < -0.39 is 0 Å². The Morgan fingerprint density at radius 2 is 2.05 bits per heavy atom. The zero-order valence-corrected chi connectivity index (χ0v) is 12.9.